The molecule has 1 spiro atoms. The molecule has 0 radical (unpaired) electrons. The lowest BCUT2D eigenvalue weighted by Gasteiger charge is -2.33. The highest BCUT2D eigenvalue weighted by molar-refractivity contribution is 6.10. The molecule has 1 aromatic carbocycles. The van der Waals surface area contributed by atoms with Gasteiger partial charge in [0.05, 0.1) is 17.4 Å². The van der Waals surface area contributed by atoms with Gasteiger partial charge in [0.1, 0.15) is 12.1 Å². The van der Waals surface area contributed by atoms with Gasteiger partial charge in [0.25, 0.3) is 5.91 Å². The van der Waals surface area contributed by atoms with Gasteiger partial charge in [0.15, 0.2) is 0 Å². The van der Waals surface area contributed by atoms with Crippen molar-refractivity contribution in [2.45, 2.75) is 38.1 Å². The van der Waals surface area contributed by atoms with Crippen molar-refractivity contribution in [1.82, 2.24) is 19.8 Å². The molecule has 2 aliphatic rings. The second-order valence-electron chi connectivity index (χ2n) is 7.69. The molecule has 2 fully saturated rings. The number of hydrogen-bond acceptors (Lipinski definition) is 4. The molecule has 1 saturated heterocycles. The lowest BCUT2D eigenvalue weighted by molar-refractivity contribution is -0.135. The summed E-state index contributed by atoms with van der Waals surface area (Å²) in [7, 11) is 1.87. The predicted octanol–water partition coefficient (Wildman–Crippen LogP) is 2.01. The van der Waals surface area contributed by atoms with Gasteiger partial charge in [0, 0.05) is 12.7 Å². The fourth-order valence-corrected chi connectivity index (χ4v) is 3.96. The Kier molecular flexibility index (Phi) is 4.13. The van der Waals surface area contributed by atoms with Crippen molar-refractivity contribution >= 4 is 34.6 Å². The third-order valence-electron chi connectivity index (χ3n) is 5.68. The van der Waals surface area contributed by atoms with Gasteiger partial charge >= 0.3 is 6.03 Å². The third-order valence-corrected chi connectivity index (χ3v) is 5.68. The summed E-state index contributed by atoms with van der Waals surface area (Å²) in [6.45, 7) is 1.86. The number of hydrogen-bond donors (Lipinski definition) is 2. The topological polar surface area (TPSA) is 96.3 Å². The normalized spacial score (nSPS) is 25.3. The number of aromatic nitrogens is 2. The second-order valence-corrected chi connectivity index (χ2v) is 7.69. The summed E-state index contributed by atoms with van der Waals surface area (Å²) in [6.07, 6.45) is 4.77. The highest BCUT2D eigenvalue weighted by Crippen LogP contribution is 2.36. The van der Waals surface area contributed by atoms with E-state index in [1.54, 1.807) is 12.4 Å². The van der Waals surface area contributed by atoms with Crippen LogP contribution in [0.4, 0.5) is 10.5 Å². The molecular weight excluding hydrogens is 346 g/mol. The number of benzene rings is 1. The van der Waals surface area contributed by atoms with E-state index in [9.17, 15) is 14.4 Å². The van der Waals surface area contributed by atoms with E-state index in [0.717, 1.165) is 28.8 Å². The van der Waals surface area contributed by atoms with Gasteiger partial charge in [-0.3, -0.25) is 14.5 Å². The lowest BCUT2D eigenvalue weighted by Crippen LogP contribution is -2.49. The smallest absolute Gasteiger partial charge is 0.325 e. The van der Waals surface area contributed by atoms with Crippen molar-refractivity contribution in [3.05, 3.63) is 24.5 Å². The number of nitrogens with zero attached hydrogens (tertiary/aromatic N) is 3. The molecule has 8 heteroatoms. The van der Waals surface area contributed by atoms with Crippen LogP contribution in [0.2, 0.25) is 0 Å². The number of urea groups is 1. The number of carbonyl (C=O) groups excluding carboxylic acids is 3. The number of amides is 4. The van der Waals surface area contributed by atoms with Crippen LogP contribution in [0.25, 0.3) is 11.0 Å². The average molecular weight is 369 g/mol. The number of rotatable bonds is 3. The Morgan fingerprint density at radius 1 is 1.33 bits per heavy atom. The summed E-state index contributed by atoms with van der Waals surface area (Å²) in [5.41, 5.74) is 1.50. The minimum Gasteiger partial charge on any atom is -0.334 e. The Bertz CT molecular complexity index is 927. The van der Waals surface area contributed by atoms with Crippen molar-refractivity contribution in [2.75, 3.05) is 11.9 Å². The van der Waals surface area contributed by atoms with Crippen LogP contribution in [0.15, 0.2) is 24.5 Å². The van der Waals surface area contributed by atoms with Crippen LogP contribution in [0.1, 0.15) is 32.6 Å². The van der Waals surface area contributed by atoms with Gasteiger partial charge in [-0.05, 0) is 49.8 Å². The van der Waals surface area contributed by atoms with E-state index < -0.39 is 17.5 Å². The average Bonchev–Trinajstić information content (AvgIpc) is 3.11. The van der Waals surface area contributed by atoms with Gasteiger partial charge in [0.2, 0.25) is 5.91 Å². The van der Waals surface area contributed by atoms with Gasteiger partial charge in [-0.2, -0.15) is 0 Å². The number of imide groups is 1. The minimum absolute atomic E-state index is 0.281. The molecule has 8 nitrogen and oxygen atoms in total. The highest BCUT2D eigenvalue weighted by atomic mass is 16.2. The lowest BCUT2D eigenvalue weighted by atomic mass is 9.77. The number of anilines is 1. The van der Waals surface area contributed by atoms with E-state index in [-0.39, 0.29) is 12.5 Å². The second kappa shape index (κ2) is 6.37. The molecule has 1 aliphatic heterocycles. The van der Waals surface area contributed by atoms with Gasteiger partial charge in [-0.25, -0.2) is 9.78 Å². The zero-order chi connectivity index (χ0) is 19.2. The van der Waals surface area contributed by atoms with Crippen LogP contribution in [0.3, 0.4) is 0 Å². The Balaban J connectivity index is 1.45. The molecular formula is C19H23N5O3. The summed E-state index contributed by atoms with van der Waals surface area (Å²) in [5, 5.41) is 5.60. The van der Waals surface area contributed by atoms with Crippen molar-refractivity contribution in [1.29, 1.82) is 0 Å². The Morgan fingerprint density at radius 3 is 2.81 bits per heavy atom. The van der Waals surface area contributed by atoms with Crippen molar-refractivity contribution in [2.24, 2.45) is 13.0 Å². The number of imidazole rings is 1. The maximum absolute atomic E-state index is 12.8. The number of aryl methyl sites for hydroxylation is 1. The molecule has 2 aromatic rings. The zero-order valence-corrected chi connectivity index (χ0v) is 15.5. The first-order valence-electron chi connectivity index (χ1n) is 9.23. The molecule has 4 amide bonds. The fraction of sp³-hybridized carbons (Fsp3) is 0.474. The van der Waals surface area contributed by atoms with Crippen LogP contribution in [0.5, 0.6) is 0 Å². The van der Waals surface area contributed by atoms with Gasteiger partial charge in [-0.15, -0.1) is 0 Å². The standard InChI is InChI=1S/C19H23N5O3/c1-12-5-7-19(8-6-12)17(26)24(18(27)22-19)10-16(25)21-13-3-4-14-15(9-13)23(2)11-20-14/h3-4,9,11-12H,5-8,10H2,1-2H3,(H,21,25)(H,22,27). The fourth-order valence-electron chi connectivity index (χ4n) is 3.96. The first-order chi connectivity index (χ1) is 12.9. The molecule has 27 heavy (non-hydrogen) atoms. The maximum Gasteiger partial charge on any atom is 0.325 e. The molecule has 1 saturated carbocycles. The van der Waals surface area contributed by atoms with E-state index in [1.165, 1.54) is 0 Å². The van der Waals surface area contributed by atoms with E-state index >= 15 is 0 Å². The van der Waals surface area contributed by atoms with E-state index in [4.69, 9.17) is 0 Å². The summed E-state index contributed by atoms with van der Waals surface area (Å²) in [4.78, 5) is 42.8. The molecule has 2 N–H and O–H groups in total. The van der Waals surface area contributed by atoms with Crippen LogP contribution in [0, 0.1) is 5.92 Å². The molecule has 1 aromatic heterocycles. The highest BCUT2D eigenvalue weighted by Gasteiger charge is 2.52. The van der Waals surface area contributed by atoms with Crippen LogP contribution in [-0.4, -0.2) is 44.4 Å². The summed E-state index contributed by atoms with van der Waals surface area (Å²) in [6, 6.07) is 4.91. The number of carbonyl (C=O) groups is 3. The van der Waals surface area contributed by atoms with Gasteiger partial charge in [-0.1, -0.05) is 6.92 Å². The summed E-state index contributed by atoms with van der Waals surface area (Å²) < 4.78 is 1.86. The molecule has 0 atom stereocenters. The molecule has 0 unspecified atom stereocenters. The Hall–Kier alpha value is -2.90. The molecule has 1 aliphatic carbocycles. The van der Waals surface area contributed by atoms with E-state index in [0.29, 0.717) is 24.4 Å². The SMILES string of the molecule is CC1CCC2(CC1)NC(=O)N(CC(=O)Nc1ccc3ncn(C)c3c1)C2=O. The number of nitrogens with one attached hydrogen (secondary N) is 2. The molecule has 0 bridgehead atoms. The van der Waals surface area contributed by atoms with Crippen molar-refractivity contribution < 1.29 is 14.4 Å². The maximum atomic E-state index is 12.8. The first-order valence-corrected chi connectivity index (χ1v) is 9.23. The monoisotopic (exact) mass is 369 g/mol. The van der Waals surface area contributed by atoms with E-state index in [1.807, 2.05) is 23.7 Å². The zero-order valence-electron chi connectivity index (χ0n) is 15.5. The summed E-state index contributed by atoms with van der Waals surface area (Å²) in [5.74, 6) is -0.127. The minimum atomic E-state index is -0.822. The molecule has 142 valence electrons. The molecule has 2 heterocycles. The van der Waals surface area contributed by atoms with Crippen LogP contribution >= 0.6 is 0 Å². The predicted molar refractivity (Wildman–Crippen MR) is 100.0 cm³/mol. The Morgan fingerprint density at radius 2 is 2.07 bits per heavy atom. The number of fused-ring (bicyclic) bond motifs is 1. The largest absolute Gasteiger partial charge is 0.334 e. The van der Waals surface area contributed by atoms with Crippen molar-refractivity contribution in [3.63, 3.8) is 0 Å². The van der Waals surface area contributed by atoms with Crippen LogP contribution < -0.4 is 10.6 Å². The Labute approximate surface area is 156 Å². The van der Waals surface area contributed by atoms with Crippen molar-refractivity contribution in [3.8, 4) is 0 Å². The van der Waals surface area contributed by atoms with Gasteiger partial charge < -0.3 is 15.2 Å². The third kappa shape index (κ3) is 3.05. The van der Waals surface area contributed by atoms with E-state index in [2.05, 4.69) is 22.5 Å². The first kappa shape index (κ1) is 17.5. The van der Waals surface area contributed by atoms with Crippen LogP contribution in [-0.2, 0) is 16.6 Å². The molecule has 4 rings (SSSR count). The quantitative estimate of drug-likeness (QED) is 0.809. The summed E-state index contributed by atoms with van der Waals surface area (Å²) >= 11 is 0.